The maximum absolute atomic E-state index is 14.5. The molecule has 0 aliphatic rings. The number of methoxy groups -OCH3 is 2. The van der Waals surface area contributed by atoms with E-state index in [-0.39, 0.29) is 30.5 Å². The van der Waals surface area contributed by atoms with Crippen LogP contribution in [-0.4, -0.2) is 59.3 Å². The second-order valence-corrected chi connectivity index (χ2v) is 8.18. The van der Waals surface area contributed by atoms with E-state index in [9.17, 15) is 14.0 Å². The van der Waals surface area contributed by atoms with E-state index in [0.29, 0.717) is 29.5 Å². The Morgan fingerprint density at radius 3 is 2.54 bits per heavy atom. The number of tetrazole rings is 1. The van der Waals surface area contributed by atoms with Crippen molar-refractivity contribution in [2.24, 2.45) is 5.92 Å². The second kappa shape index (κ2) is 11.9. The van der Waals surface area contributed by atoms with Crippen LogP contribution >= 0.6 is 0 Å². The normalized spacial score (nSPS) is 10.8. The fourth-order valence-corrected chi connectivity index (χ4v) is 3.29. The van der Waals surface area contributed by atoms with E-state index in [1.807, 2.05) is 13.8 Å². The fraction of sp³-hybridized carbons (Fsp3) is 0.375. The molecule has 1 N–H and O–H groups in total. The van der Waals surface area contributed by atoms with Crippen LogP contribution < -0.4 is 19.7 Å². The quantitative estimate of drug-likeness (QED) is 0.445. The van der Waals surface area contributed by atoms with Gasteiger partial charge in [-0.1, -0.05) is 26.0 Å². The van der Waals surface area contributed by atoms with Gasteiger partial charge in [0.1, 0.15) is 18.9 Å². The number of ether oxygens (including phenoxy) is 2. The number of nitrogens with zero attached hydrogens (tertiary/aromatic N) is 5. The minimum atomic E-state index is -0.617. The molecule has 0 fully saturated rings. The van der Waals surface area contributed by atoms with Crippen molar-refractivity contribution in [3.8, 4) is 22.9 Å². The molecule has 0 atom stereocenters. The molecule has 1 heterocycles. The third-order valence-corrected chi connectivity index (χ3v) is 5.16. The SMILES string of the molecule is COc1ccc(-c2nnn(CC(=O)N(CC(=O)NCCC(C)C)c3ccccc3F)n2)cc1OC. The molecule has 0 unspecified atom stereocenters. The van der Waals surface area contributed by atoms with Gasteiger partial charge in [-0.15, -0.1) is 10.2 Å². The zero-order valence-corrected chi connectivity index (χ0v) is 20.2. The van der Waals surface area contributed by atoms with Crippen molar-refractivity contribution in [3.05, 3.63) is 48.3 Å². The molecule has 0 bridgehead atoms. The molecule has 0 radical (unpaired) electrons. The number of rotatable bonds is 11. The molecule has 3 rings (SSSR count). The van der Waals surface area contributed by atoms with E-state index in [4.69, 9.17) is 9.47 Å². The lowest BCUT2D eigenvalue weighted by Crippen LogP contribution is -2.43. The topological polar surface area (TPSA) is 111 Å². The van der Waals surface area contributed by atoms with Gasteiger partial charge >= 0.3 is 0 Å². The summed E-state index contributed by atoms with van der Waals surface area (Å²) in [5.41, 5.74) is 0.605. The smallest absolute Gasteiger partial charge is 0.251 e. The Balaban J connectivity index is 1.77. The van der Waals surface area contributed by atoms with Gasteiger partial charge in [0.25, 0.3) is 5.91 Å². The molecule has 10 nitrogen and oxygen atoms in total. The van der Waals surface area contributed by atoms with Gasteiger partial charge < -0.3 is 14.8 Å². The Morgan fingerprint density at radius 1 is 1.11 bits per heavy atom. The van der Waals surface area contributed by atoms with Crippen LogP contribution in [0.3, 0.4) is 0 Å². The van der Waals surface area contributed by atoms with Crippen molar-refractivity contribution in [3.63, 3.8) is 0 Å². The number of hydrogen-bond acceptors (Lipinski definition) is 7. The van der Waals surface area contributed by atoms with Crippen LogP contribution in [0.2, 0.25) is 0 Å². The summed E-state index contributed by atoms with van der Waals surface area (Å²) in [6.45, 7) is 3.88. The average Bonchev–Trinajstić information content (AvgIpc) is 3.30. The fourth-order valence-electron chi connectivity index (χ4n) is 3.29. The van der Waals surface area contributed by atoms with Gasteiger partial charge in [0.15, 0.2) is 11.5 Å². The predicted molar refractivity (Wildman–Crippen MR) is 128 cm³/mol. The molecule has 2 amide bonds. The summed E-state index contributed by atoms with van der Waals surface area (Å²) < 4.78 is 25.0. The van der Waals surface area contributed by atoms with Gasteiger partial charge in [0.2, 0.25) is 11.7 Å². The molecule has 0 aliphatic carbocycles. The van der Waals surface area contributed by atoms with Gasteiger partial charge in [-0.05, 0) is 47.9 Å². The van der Waals surface area contributed by atoms with Crippen LogP contribution in [-0.2, 0) is 16.1 Å². The van der Waals surface area contributed by atoms with Gasteiger partial charge in [0.05, 0.1) is 19.9 Å². The lowest BCUT2D eigenvalue weighted by molar-refractivity contribution is -0.124. The molecular weight excluding hydrogens is 455 g/mol. The van der Waals surface area contributed by atoms with Crippen molar-refractivity contribution in [2.75, 3.05) is 32.2 Å². The van der Waals surface area contributed by atoms with Crippen LogP contribution in [0.1, 0.15) is 20.3 Å². The van der Waals surface area contributed by atoms with Crippen LogP contribution in [0.25, 0.3) is 11.4 Å². The van der Waals surface area contributed by atoms with E-state index in [0.717, 1.165) is 16.1 Å². The number of amides is 2. The Kier molecular flexibility index (Phi) is 8.71. The number of carbonyl (C=O) groups is 2. The molecule has 3 aromatic rings. The molecule has 0 spiro atoms. The molecule has 0 saturated heterocycles. The minimum Gasteiger partial charge on any atom is -0.493 e. The summed E-state index contributed by atoms with van der Waals surface area (Å²) in [7, 11) is 3.05. The van der Waals surface area contributed by atoms with E-state index in [2.05, 4.69) is 20.7 Å². The number of nitrogens with one attached hydrogen (secondary N) is 1. The summed E-state index contributed by atoms with van der Waals surface area (Å²) in [5, 5.41) is 15.0. The summed E-state index contributed by atoms with van der Waals surface area (Å²) in [5.74, 6) is 0.150. The number of halogens is 1. The predicted octanol–water partition coefficient (Wildman–Crippen LogP) is 2.69. The molecule has 0 saturated carbocycles. The monoisotopic (exact) mass is 484 g/mol. The van der Waals surface area contributed by atoms with Crippen molar-refractivity contribution < 1.29 is 23.5 Å². The third kappa shape index (κ3) is 6.75. The number of para-hydroxylation sites is 1. The largest absolute Gasteiger partial charge is 0.493 e. The van der Waals surface area contributed by atoms with Crippen molar-refractivity contribution in [1.29, 1.82) is 0 Å². The standard InChI is InChI=1S/C24H29FN6O4/c1-16(2)11-12-26-22(32)14-30(19-8-6-5-7-18(19)25)23(33)15-31-28-24(27-29-31)17-9-10-20(34-3)21(13-17)35-4/h5-10,13,16H,11-12,14-15H2,1-4H3,(H,26,32). The number of benzene rings is 2. The molecule has 2 aromatic carbocycles. The second-order valence-electron chi connectivity index (χ2n) is 8.18. The highest BCUT2D eigenvalue weighted by atomic mass is 19.1. The number of anilines is 1. The van der Waals surface area contributed by atoms with Gasteiger partial charge in [0, 0.05) is 12.1 Å². The van der Waals surface area contributed by atoms with Crippen molar-refractivity contribution in [1.82, 2.24) is 25.5 Å². The Bertz CT molecular complexity index is 1170. The molecule has 0 aliphatic heterocycles. The van der Waals surface area contributed by atoms with Crippen molar-refractivity contribution >= 4 is 17.5 Å². The van der Waals surface area contributed by atoms with Gasteiger partial charge in [-0.25, -0.2) is 4.39 Å². The zero-order chi connectivity index (χ0) is 25.4. The first-order chi connectivity index (χ1) is 16.8. The summed E-state index contributed by atoms with van der Waals surface area (Å²) in [6, 6.07) is 10.9. The van der Waals surface area contributed by atoms with Gasteiger partial charge in [-0.3, -0.25) is 14.5 Å². The summed E-state index contributed by atoms with van der Waals surface area (Å²) >= 11 is 0. The van der Waals surface area contributed by atoms with Crippen LogP contribution in [0.4, 0.5) is 10.1 Å². The Morgan fingerprint density at radius 2 is 1.86 bits per heavy atom. The lowest BCUT2D eigenvalue weighted by atomic mass is 10.1. The first kappa shape index (κ1) is 25.6. The van der Waals surface area contributed by atoms with E-state index in [1.165, 1.54) is 32.4 Å². The minimum absolute atomic E-state index is 0.00302. The van der Waals surface area contributed by atoms with Crippen molar-refractivity contribution in [2.45, 2.75) is 26.8 Å². The van der Waals surface area contributed by atoms with Crippen LogP contribution in [0, 0.1) is 11.7 Å². The zero-order valence-electron chi connectivity index (χ0n) is 20.2. The maximum atomic E-state index is 14.5. The Hall–Kier alpha value is -4.02. The number of carbonyl (C=O) groups excluding carboxylic acids is 2. The highest BCUT2D eigenvalue weighted by Gasteiger charge is 2.23. The molecular formula is C24H29FN6O4. The van der Waals surface area contributed by atoms with E-state index in [1.54, 1.807) is 24.3 Å². The average molecular weight is 485 g/mol. The highest BCUT2D eigenvalue weighted by Crippen LogP contribution is 2.30. The van der Waals surface area contributed by atoms with Crippen LogP contribution in [0.15, 0.2) is 42.5 Å². The molecule has 186 valence electrons. The molecule has 1 aromatic heterocycles. The summed E-state index contributed by atoms with van der Waals surface area (Å²) in [6.07, 6.45) is 0.793. The number of hydrogen-bond donors (Lipinski definition) is 1. The summed E-state index contributed by atoms with van der Waals surface area (Å²) in [4.78, 5) is 27.8. The number of aromatic nitrogens is 4. The molecule has 35 heavy (non-hydrogen) atoms. The maximum Gasteiger partial charge on any atom is 0.251 e. The van der Waals surface area contributed by atoms with E-state index < -0.39 is 11.7 Å². The third-order valence-electron chi connectivity index (χ3n) is 5.16. The highest BCUT2D eigenvalue weighted by molar-refractivity contribution is 5.98. The van der Waals surface area contributed by atoms with Gasteiger partial charge in [-0.2, -0.15) is 4.80 Å². The first-order valence-electron chi connectivity index (χ1n) is 11.1. The Labute approximate surface area is 203 Å². The lowest BCUT2D eigenvalue weighted by Gasteiger charge is -2.22. The van der Waals surface area contributed by atoms with Crippen LogP contribution in [0.5, 0.6) is 11.5 Å². The molecule has 11 heteroatoms. The first-order valence-corrected chi connectivity index (χ1v) is 11.1. The van der Waals surface area contributed by atoms with E-state index >= 15 is 0 Å².